The molecule has 1 aromatic carbocycles. The molecule has 1 aromatic rings. The molecule has 1 rings (SSSR count). The maximum atomic E-state index is 11.6. The van der Waals surface area contributed by atoms with Crippen molar-refractivity contribution in [2.75, 3.05) is 19.7 Å². The van der Waals surface area contributed by atoms with E-state index in [9.17, 15) is 14.4 Å². The van der Waals surface area contributed by atoms with Crippen LogP contribution in [0.1, 0.15) is 19.8 Å². The molecule has 0 unspecified atom stereocenters. The van der Waals surface area contributed by atoms with E-state index in [1.54, 1.807) is 12.1 Å². The summed E-state index contributed by atoms with van der Waals surface area (Å²) in [6, 6.07) is 4.71. The highest BCUT2D eigenvalue weighted by atomic mass is 35.5. The number of amides is 2. The van der Waals surface area contributed by atoms with Gasteiger partial charge in [-0.2, -0.15) is 0 Å². The van der Waals surface area contributed by atoms with Crippen LogP contribution in [0.2, 0.25) is 10.0 Å². The molecule has 0 aliphatic carbocycles. The summed E-state index contributed by atoms with van der Waals surface area (Å²) >= 11 is 11.7. The van der Waals surface area contributed by atoms with Crippen molar-refractivity contribution in [1.82, 2.24) is 10.6 Å². The van der Waals surface area contributed by atoms with Crippen molar-refractivity contribution in [2.45, 2.75) is 19.8 Å². The summed E-state index contributed by atoms with van der Waals surface area (Å²) in [6.07, 6.45) is 0.370. The van der Waals surface area contributed by atoms with E-state index >= 15 is 0 Å². The first-order valence-electron chi connectivity index (χ1n) is 6.99. The van der Waals surface area contributed by atoms with Crippen LogP contribution < -0.4 is 15.4 Å². The van der Waals surface area contributed by atoms with Crippen LogP contribution >= 0.6 is 23.2 Å². The molecule has 2 N–H and O–H groups in total. The quantitative estimate of drug-likeness (QED) is 0.659. The molecule has 126 valence electrons. The molecule has 0 bridgehead atoms. The summed E-state index contributed by atoms with van der Waals surface area (Å²) < 4.78 is 5.27. The van der Waals surface area contributed by atoms with Gasteiger partial charge in [-0.05, 0) is 25.1 Å². The molecule has 6 nitrogen and oxygen atoms in total. The van der Waals surface area contributed by atoms with Gasteiger partial charge >= 0.3 is 0 Å². The molecule has 8 heteroatoms. The number of carbonyl (C=O) groups is 3. The van der Waals surface area contributed by atoms with E-state index in [4.69, 9.17) is 27.9 Å². The third-order valence-corrected chi connectivity index (χ3v) is 3.26. The third-order valence-electron chi connectivity index (χ3n) is 2.73. The van der Waals surface area contributed by atoms with E-state index in [1.807, 2.05) is 0 Å². The Kier molecular flexibility index (Phi) is 8.43. The summed E-state index contributed by atoms with van der Waals surface area (Å²) in [5, 5.41) is 5.99. The predicted octanol–water partition coefficient (Wildman–Crippen LogP) is 1.97. The van der Waals surface area contributed by atoms with Crippen molar-refractivity contribution in [3.63, 3.8) is 0 Å². The number of carbonyl (C=O) groups excluding carboxylic acids is 3. The van der Waals surface area contributed by atoms with Crippen molar-refractivity contribution in [3.8, 4) is 5.75 Å². The van der Waals surface area contributed by atoms with Gasteiger partial charge in [-0.15, -0.1) is 0 Å². The molecular weight excluding hydrogens is 343 g/mol. The zero-order valence-corrected chi connectivity index (χ0v) is 14.2. The minimum Gasteiger partial charge on any atom is -0.482 e. The Hall–Kier alpha value is -1.79. The summed E-state index contributed by atoms with van der Waals surface area (Å²) in [4.78, 5) is 33.7. The molecule has 0 aliphatic heterocycles. The minimum absolute atomic E-state index is 0.0357. The van der Waals surface area contributed by atoms with Gasteiger partial charge in [0.05, 0.1) is 5.02 Å². The molecule has 0 radical (unpaired) electrons. The highest BCUT2D eigenvalue weighted by Crippen LogP contribution is 2.27. The highest BCUT2D eigenvalue weighted by Gasteiger charge is 2.07. The summed E-state index contributed by atoms with van der Waals surface area (Å²) in [6.45, 7) is 1.78. The SMILES string of the molecule is CC(=O)CCC(=O)NCCNC(=O)COc1ccc(Cl)cc1Cl. The van der Waals surface area contributed by atoms with E-state index in [0.29, 0.717) is 15.8 Å². The summed E-state index contributed by atoms with van der Waals surface area (Å²) in [7, 11) is 0. The first kappa shape index (κ1) is 19.3. The number of hydrogen-bond acceptors (Lipinski definition) is 4. The van der Waals surface area contributed by atoms with E-state index in [0.717, 1.165) is 0 Å². The van der Waals surface area contributed by atoms with Crippen molar-refractivity contribution in [3.05, 3.63) is 28.2 Å². The lowest BCUT2D eigenvalue weighted by Crippen LogP contribution is -2.36. The van der Waals surface area contributed by atoms with Crippen LogP contribution in [0.4, 0.5) is 0 Å². The summed E-state index contributed by atoms with van der Waals surface area (Å²) in [5.41, 5.74) is 0. The van der Waals surface area contributed by atoms with E-state index in [-0.39, 0.29) is 50.1 Å². The first-order chi connectivity index (χ1) is 10.9. The van der Waals surface area contributed by atoms with Crippen LogP contribution in [0.3, 0.4) is 0 Å². The zero-order valence-electron chi connectivity index (χ0n) is 12.7. The number of halogens is 2. The number of benzene rings is 1. The van der Waals surface area contributed by atoms with Crippen LogP contribution in [-0.4, -0.2) is 37.3 Å². The predicted molar refractivity (Wildman–Crippen MR) is 87.9 cm³/mol. The second-order valence-corrected chi connectivity index (χ2v) is 5.61. The molecule has 0 aliphatic rings. The van der Waals surface area contributed by atoms with Crippen LogP contribution in [-0.2, 0) is 14.4 Å². The normalized spacial score (nSPS) is 10.0. The summed E-state index contributed by atoms with van der Waals surface area (Å²) in [5.74, 6) is -0.233. The Bertz CT molecular complexity index is 579. The minimum atomic E-state index is -0.339. The number of ketones is 1. The van der Waals surface area contributed by atoms with Crippen molar-refractivity contribution >= 4 is 40.8 Å². The van der Waals surface area contributed by atoms with Gasteiger partial charge in [-0.25, -0.2) is 0 Å². The maximum absolute atomic E-state index is 11.6. The molecular formula is C15H18Cl2N2O4. The highest BCUT2D eigenvalue weighted by molar-refractivity contribution is 6.35. The molecule has 0 saturated heterocycles. The lowest BCUT2D eigenvalue weighted by molar-refractivity contribution is -0.125. The van der Waals surface area contributed by atoms with Crippen molar-refractivity contribution in [2.24, 2.45) is 0 Å². The Morgan fingerprint density at radius 2 is 1.70 bits per heavy atom. The third kappa shape index (κ3) is 8.42. The number of Topliss-reactive ketones (excluding diaryl/α,β-unsaturated/α-hetero) is 1. The molecule has 0 heterocycles. The topological polar surface area (TPSA) is 84.5 Å². The fraction of sp³-hybridized carbons (Fsp3) is 0.400. The molecule has 23 heavy (non-hydrogen) atoms. The number of nitrogens with one attached hydrogen (secondary N) is 2. The van der Waals surface area contributed by atoms with E-state index < -0.39 is 0 Å². The van der Waals surface area contributed by atoms with Crippen molar-refractivity contribution in [1.29, 1.82) is 0 Å². The number of rotatable bonds is 9. The van der Waals surface area contributed by atoms with Gasteiger partial charge in [0.1, 0.15) is 11.5 Å². The molecule has 2 amide bonds. The van der Waals surface area contributed by atoms with Gasteiger partial charge in [0, 0.05) is 31.0 Å². The second kappa shape index (κ2) is 10.1. The standard InChI is InChI=1S/C15H18Cl2N2O4/c1-10(20)2-5-14(21)18-6-7-19-15(22)9-23-13-4-3-11(16)8-12(13)17/h3-4,8H,2,5-7,9H2,1H3,(H,18,21)(H,19,22). The van der Waals surface area contributed by atoms with E-state index in [2.05, 4.69) is 10.6 Å². The largest absolute Gasteiger partial charge is 0.482 e. The Morgan fingerprint density at radius 1 is 1.04 bits per heavy atom. The Morgan fingerprint density at radius 3 is 2.30 bits per heavy atom. The van der Waals surface area contributed by atoms with Crippen molar-refractivity contribution < 1.29 is 19.1 Å². The first-order valence-corrected chi connectivity index (χ1v) is 7.74. The fourth-order valence-electron chi connectivity index (χ4n) is 1.57. The molecule has 0 spiro atoms. The van der Waals surface area contributed by atoms with Crippen LogP contribution in [0.25, 0.3) is 0 Å². The van der Waals surface area contributed by atoms with Crippen LogP contribution in [0.15, 0.2) is 18.2 Å². The molecule has 0 fully saturated rings. The monoisotopic (exact) mass is 360 g/mol. The van der Waals surface area contributed by atoms with Crippen LogP contribution in [0, 0.1) is 0 Å². The lowest BCUT2D eigenvalue weighted by atomic mass is 10.2. The smallest absolute Gasteiger partial charge is 0.258 e. The zero-order chi connectivity index (χ0) is 17.2. The molecule has 0 aromatic heterocycles. The fourth-order valence-corrected chi connectivity index (χ4v) is 2.03. The van der Waals surface area contributed by atoms with Gasteiger partial charge in [0.25, 0.3) is 5.91 Å². The van der Waals surface area contributed by atoms with Gasteiger partial charge in [-0.1, -0.05) is 23.2 Å². The average molecular weight is 361 g/mol. The van der Waals surface area contributed by atoms with Gasteiger partial charge in [0.15, 0.2) is 6.61 Å². The molecule has 0 atom stereocenters. The second-order valence-electron chi connectivity index (χ2n) is 4.77. The van der Waals surface area contributed by atoms with Gasteiger partial charge in [0.2, 0.25) is 5.91 Å². The Labute approximate surface area is 144 Å². The lowest BCUT2D eigenvalue weighted by Gasteiger charge is -2.09. The number of hydrogen-bond donors (Lipinski definition) is 2. The molecule has 0 saturated carbocycles. The maximum Gasteiger partial charge on any atom is 0.258 e. The van der Waals surface area contributed by atoms with Gasteiger partial charge in [-0.3, -0.25) is 9.59 Å². The van der Waals surface area contributed by atoms with E-state index in [1.165, 1.54) is 13.0 Å². The van der Waals surface area contributed by atoms with Crippen LogP contribution in [0.5, 0.6) is 5.75 Å². The van der Waals surface area contributed by atoms with Gasteiger partial charge < -0.3 is 20.2 Å². The number of ether oxygens (including phenoxy) is 1. The average Bonchev–Trinajstić information content (AvgIpc) is 2.48. The Balaban J connectivity index is 2.17.